The van der Waals surface area contributed by atoms with Crippen LogP contribution in [0.3, 0.4) is 0 Å². The minimum absolute atomic E-state index is 0.265. The van der Waals surface area contributed by atoms with E-state index in [9.17, 15) is 4.79 Å². The van der Waals surface area contributed by atoms with Crippen LogP contribution in [0.5, 0.6) is 0 Å². The highest BCUT2D eigenvalue weighted by molar-refractivity contribution is 5.67. The molecule has 2 aliphatic rings. The fourth-order valence-corrected chi connectivity index (χ4v) is 3.58. The highest BCUT2D eigenvalue weighted by Gasteiger charge is 2.32. The van der Waals surface area contributed by atoms with Crippen LogP contribution in [0, 0.1) is 0 Å². The zero-order valence-corrected chi connectivity index (χ0v) is 13.8. The number of hydrogen-bond acceptors (Lipinski definition) is 3. The summed E-state index contributed by atoms with van der Waals surface area (Å²) in [6, 6.07) is 11.3. The first-order chi connectivity index (χ1) is 11.3. The highest BCUT2D eigenvalue weighted by atomic mass is 16.5. The Balaban J connectivity index is 1.29. The van der Waals surface area contributed by atoms with Gasteiger partial charge < -0.3 is 15.4 Å². The van der Waals surface area contributed by atoms with Crippen molar-refractivity contribution in [3.63, 3.8) is 0 Å². The number of hydrogen-bond donors (Lipinski definition) is 2. The number of carbonyl (C=O) groups is 1. The Morgan fingerprint density at radius 3 is 2.35 bits per heavy atom. The van der Waals surface area contributed by atoms with Gasteiger partial charge in [-0.25, -0.2) is 4.79 Å². The molecule has 0 spiro atoms. The van der Waals surface area contributed by atoms with Gasteiger partial charge in [-0.1, -0.05) is 56.0 Å². The first-order valence-corrected chi connectivity index (χ1v) is 9.03. The third-order valence-electron chi connectivity index (χ3n) is 5.00. The first-order valence-electron chi connectivity index (χ1n) is 9.03. The molecule has 4 nitrogen and oxygen atoms in total. The molecule has 3 rings (SSSR count). The van der Waals surface area contributed by atoms with Crippen LogP contribution in [0.15, 0.2) is 30.3 Å². The maximum absolute atomic E-state index is 11.8. The number of amides is 1. The van der Waals surface area contributed by atoms with Gasteiger partial charge in [0.25, 0.3) is 0 Å². The smallest absolute Gasteiger partial charge is 0.407 e. The van der Waals surface area contributed by atoms with Gasteiger partial charge in [-0.2, -0.15) is 0 Å². The molecule has 4 heteroatoms. The molecule has 0 atom stereocenters. The SMILES string of the molecule is O=C(NC1CC(NC2CCCCCC2)C1)OCc1ccccc1. The maximum Gasteiger partial charge on any atom is 0.407 e. The molecule has 0 aliphatic heterocycles. The van der Waals surface area contributed by atoms with Gasteiger partial charge in [0.2, 0.25) is 0 Å². The standard InChI is InChI=1S/C19H28N2O2/c22-19(23-14-15-8-4-3-5-9-15)21-18-12-17(13-18)20-16-10-6-1-2-7-11-16/h3-5,8-9,16-18,20H,1-2,6-7,10-14H2,(H,21,22). The normalized spacial score (nSPS) is 25.2. The highest BCUT2D eigenvalue weighted by Crippen LogP contribution is 2.24. The van der Waals surface area contributed by atoms with E-state index in [4.69, 9.17) is 4.74 Å². The second-order valence-corrected chi connectivity index (χ2v) is 6.93. The van der Waals surface area contributed by atoms with Gasteiger partial charge in [-0.15, -0.1) is 0 Å². The first kappa shape index (κ1) is 16.3. The van der Waals surface area contributed by atoms with Gasteiger partial charge in [-0.05, 0) is 31.2 Å². The lowest BCUT2D eigenvalue weighted by Crippen LogP contribution is -2.54. The molecule has 0 saturated heterocycles. The molecule has 0 bridgehead atoms. The molecule has 2 fully saturated rings. The summed E-state index contributed by atoms with van der Waals surface area (Å²) in [5, 5.41) is 6.73. The molecule has 0 heterocycles. The van der Waals surface area contributed by atoms with Crippen LogP contribution in [0.4, 0.5) is 4.79 Å². The predicted molar refractivity (Wildman–Crippen MR) is 91.2 cm³/mol. The van der Waals surface area contributed by atoms with Crippen LogP contribution >= 0.6 is 0 Å². The molecule has 0 aromatic heterocycles. The molecule has 1 aromatic carbocycles. The number of nitrogens with one attached hydrogen (secondary N) is 2. The van der Waals surface area contributed by atoms with E-state index in [-0.39, 0.29) is 12.1 Å². The lowest BCUT2D eigenvalue weighted by molar-refractivity contribution is 0.124. The summed E-state index contributed by atoms with van der Waals surface area (Å²) in [6.45, 7) is 0.336. The van der Waals surface area contributed by atoms with Crippen LogP contribution in [0.2, 0.25) is 0 Å². The average Bonchev–Trinajstić information content (AvgIpc) is 2.80. The van der Waals surface area contributed by atoms with E-state index in [0.29, 0.717) is 18.7 Å². The Morgan fingerprint density at radius 2 is 1.65 bits per heavy atom. The maximum atomic E-state index is 11.8. The second-order valence-electron chi connectivity index (χ2n) is 6.93. The van der Waals surface area contributed by atoms with Crippen molar-refractivity contribution in [1.82, 2.24) is 10.6 Å². The van der Waals surface area contributed by atoms with E-state index >= 15 is 0 Å². The molecule has 0 radical (unpaired) electrons. The summed E-state index contributed by atoms with van der Waals surface area (Å²) in [5.74, 6) is 0. The van der Waals surface area contributed by atoms with Crippen LogP contribution in [-0.2, 0) is 11.3 Å². The molecule has 0 unspecified atom stereocenters. The zero-order chi connectivity index (χ0) is 15.9. The topological polar surface area (TPSA) is 50.4 Å². The summed E-state index contributed by atoms with van der Waals surface area (Å²) in [6.07, 6.45) is 9.87. The number of ether oxygens (including phenoxy) is 1. The van der Waals surface area contributed by atoms with Crippen LogP contribution < -0.4 is 10.6 Å². The molecule has 23 heavy (non-hydrogen) atoms. The van der Waals surface area contributed by atoms with E-state index in [0.717, 1.165) is 18.4 Å². The lowest BCUT2D eigenvalue weighted by atomic mass is 9.86. The minimum Gasteiger partial charge on any atom is -0.445 e. The Morgan fingerprint density at radius 1 is 0.957 bits per heavy atom. The van der Waals surface area contributed by atoms with Crippen molar-refractivity contribution in [2.45, 2.75) is 76.1 Å². The van der Waals surface area contributed by atoms with Crippen LogP contribution in [-0.4, -0.2) is 24.2 Å². The molecular formula is C19H28N2O2. The van der Waals surface area contributed by atoms with Gasteiger partial charge in [0.05, 0.1) is 0 Å². The minimum atomic E-state index is -0.299. The van der Waals surface area contributed by atoms with Crippen molar-refractivity contribution in [2.75, 3.05) is 0 Å². The van der Waals surface area contributed by atoms with Crippen molar-refractivity contribution in [3.8, 4) is 0 Å². The number of carbonyl (C=O) groups excluding carboxylic acids is 1. The van der Waals surface area contributed by atoms with E-state index in [1.165, 1.54) is 38.5 Å². The van der Waals surface area contributed by atoms with Crippen molar-refractivity contribution < 1.29 is 9.53 Å². The third kappa shape index (κ3) is 5.24. The molecule has 1 amide bonds. The van der Waals surface area contributed by atoms with Crippen molar-refractivity contribution in [1.29, 1.82) is 0 Å². The van der Waals surface area contributed by atoms with E-state index in [2.05, 4.69) is 10.6 Å². The summed E-state index contributed by atoms with van der Waals surface area (Å²) in [7, 11) is 0. The number of rotatable bonds is 5. The Kier molecular flexibility index (Phi) is 5.92. The summed E-state index contributed by atoms with van der Waals surface area (Å²) in [5.41, 5.74) is 1.02. The largest absolute Gasteiger partial charge is 0.445 e. The fraction of sp³-hybridized carbons (Fsp3) is 0.632. The lowest BCUT2D eigenvalue weighted by Gasteiger charge is -2.38. The average molecular weight is 316 g/mol. The van der Waals surface area contributed by atoms with Gasteiger partial charge in [0, 0.05) is 18.1 Å². The number of alkyl carbamates (subject to hydrolysis) is 1. The van der Waals surface area contributed by atoms with Crippen LogP contribution in [0.25, 0.3) is 0 Å². The second kappa shape index (κ2) is 8.34. The Bertz CT molecular complexity index is 477. The molecule has 2 N–H and O–H groups in total. The Labute approximate surface area is 139 Å². The fourth-order valence-electron chi connectivity index (χ4n) is 3.58. The van der Waals surface area contributed by atoms with E-state index in [1.54, 1.807) is 0 Å². The quantitative estimate of drug-likeness (QED) is 0.813. The molecular weight excluding hydrogens is 288 g/mol. The summed E-state index contributed by atoms with van der Waals surface area (Å²) >= 11 is 0. The number of benzene rings is 1. The zero-order valence-electron chi connectivity index (χ0n) is 13.8. The van der Waals surface area contributed by atoms with Gasteiger partial charge in [0.1, 0.15) is 6.61 Å². The molecule has 2 aliphatic carbocycles. The van der Waals surface area contributed by atoms with Crippen molar-refractivity contribution in [3.05, 3.63) is 35.9 Å². The predicted octanol–water partition coefficient (Wildman–Crippen LogP) is 3.76. The monoisotopic (exact) mass is 316 g/mol. The molecule has 2 saturated carbocycles. The van der Waals surface area contributed by atoms with Crippen LogP contribution in [0.1, 0.15) is 56.9 Å². The van der Waals surface area contributed by atoms with E-state index < -0.39 is 0 Å². The molecule has 1 aromatic rings. The van der Waals surface area contributed by atoms with Crippen molar-refractivity contribution >= 4 is 6.09 Å². The van der Waals surface area contributed by atoms with Gasteiger partial charge in [-0.3, -0.25) is 0 Å². The van der Waals surface area contributed by atoms with E-state index in [1.807, 2.05) is 30.3 Å². The Hall–Kier alpha value is -1.55. The van der Waals surface area contributed by atoms with Gasteiger partial charge >= 0.3 is 6.09 Å². The van der Waals surface area contributed by atoms with Gasteiger partial charge in [0.15, 0.2) is 0 Å². The molecule has 126 valence electrons. The van der Waals surface area contributed by atoms with Crippen molar-refractivity contribution in [2.24, 2.45) is 0 Å². The summed E-state index contributed by atoms with van der Waals surface area (Å²) < 4.78 is 5.27. The third-order valence-corrected chi connectivity index (χ3v) is 5.00. The summed E-state index contributed by atoms with van der Waals surface area (Å²) in [4.78, 5) is 11.8.